The minimum Gasteiger partial charge on any atom is -0.336 e. The third-order valence-electron chi connectivity index (χ3n) is 5.91. The van der Waals surface area contributed by atoms with Gasteiger partial charge in [0.1, 0.15) is 5.82 Å². The summed E-state index contributed by atoms with van der Waals surface area (Å²) in [6.45, 7) is 6.47. The van der Waals surface area contributed by atoms with Crippen LogP contribution in [0.25, 0.3) is 11.0 Å². The molecule has 0 radical (unpaired) electrons. The van der Waals surface area contributed by atoms with E-state index in [4.69, 9.17) is 10.1 Å². The number of primary sulfonamides is 1. The lowest BCUT2D eigenvalue weighted by molar-refractivity contribution is 0.0624. The Kier molecular flexibility index (Phi) is 6.59. The summed E-state index contributed by atoms with van der Waals surface area (Å²) in [6.07, 6.45) is 2.06. The summed E-state index contributed by atoms with van der Waals surface area (Å²) in [7, 11) is -3.78. The molecule has 1 aromatic heterocycles. The largest absolute Gasteiger partial charge is 0.336 e. The normalized spacial score (nSPS) is 15.4. The van der Waals surface area contributed by atoms with Crippen LogP contribution in [0.15, 0.2) is 53.4 Å². The van der Waals surface area contributed by atoms with E-state index >= 15 is 0 Å². The number of benzene rings is 2. The molecule has 2 heterocycles. The molecule has 1 saturated heterocycles. The molecule has 3 aromatic rings. The third kappa shape index (κ3) is 4.85. The Balaban J connectivity index is 1.50. The van der Waals surface area contributed by atoms with E-state index < -0.39 is 10.0 Å². The number of sulfonamides is 1. The third-order valence-corrected chi connectivity index (χ3v) is 6.82. The van der Waals surface area contributed by atoms with E-state index in [1.807, 2.05) is 35.2 Å². The van der Waals surface area contributed by atoms with Crippen molar-refractivity contribution in [3.8, 4) is 0 Å². The maximum Gasteiger partial charge on any atom is 0.253 e. The summed E-state index contributed by atoms with van der Waals surface area (Å²) in [5.41, 5.74) is 2.27. The quantitative estimate of drug-likeness (QED) is 0.590. The first-order valence-corrected chi connectivity index (χ1v) is 12.5. The lowest BCUT2D eigenvalue weighted by Crippen LogP contribution is -2.48. The zero-order valence-electron chi connectivity index (χ0n) is 18.3. The van der Waals surface area contributed by atoms with Gasteiger partial charge in [0, 0.05) is 38.3 Å². The number of piperazine rings is 1. The molecule has 4 rings (SSSR count). The lowest BCUT2D eigenvalue weighted by atomic mass is 10.2. The fraction of sp³-hybridized carbons (Fsp3) is 0.391. The lowest BCUT2D eigenvalue weighted by Gasteiger charge is -2.34. The molecule has 1 fully saturated rings. The van der Waals surface area contributed by atoms with Crippen LogP contribution >= 0.6 is 0 Å². The molecule has 170 valence electrons. The van der Waals surface area contributed by atoms with Gasteiger partial charge in [0.2, 0.25) is 10.0 Å². The summed E-state index contributed by atoms with van der Waals surface area (Å²) in [4.78, 5) is 21.7. The number of aryl methyl sites for hydroxylation is 1. The average molecular weight is 456 g/mol. The van der Waals surface area contributed by atoms with Gasteiger partial charge in [-0.3, -0.25) is 9.69 Å². The van der Waals surface area contributed by atoms with Crippen molar-refractivity contribution in [1.82, 2.24) is 19.4 Å². The fourth-order valence-electron chi connectivity index (χ4n) is 4.10. The molecular formula is C23H29N5O3S. The summed E-state index contributed by atoms with van der Waals surface area (Å²) in [6, 6.07) is 14.2. The minimum atomic E-state index is -3.78. The molecule has 8 nitrogen and oxygen atoms in total. The predicted octanol–water partition coefficient (Wildman–Crippen LogP) is 2.44. The number of carbonyl (C=O) groups is 1. The molecule has 1 aliphatic rings. The molecule has 0 spiro atoms. The van der Waals surface area contributed by atoms with Gasteiger partial charge in [-0.05, 0) is 36.8 Å². The Morgan fingerprint density at radius 1 is 1.06 bits per heavy atom. The van der Waals surface area contributed by atoms with Crippen molar-refractivity contribution in [2.45, 2.75) is 37.8 Å². The maximum absolute atomic E-state index is 12.7. The number of rotatable bonds is 7. The summed E-state index contributed by atoms with van der Waals surface area (Å²) in [5, 5.41) is 5.30. The molecule has 0 atom stereocenters. The highest BCUT2D eigenvalue weighted by Gasteiger charge is 2.24. The molecule has 0 saturated carbocycles. The molecule has 1 amide bonds. The van der Waals surface area contributed by atoms with Gasteiger partial charge >= 0.3 is 0 Å². The zero-order valence-corrected chi connectivity index (χ0v) is 19.1. The van der Waals surface area contributed by atoms with Gasteiger partial charge < -0.3 is 9.47 Å². The van der Waals surface area contributed by atoms with Gasteiger partial charge in [-0.2, -0.15) is 0 Å². The van der Waals surface area contributed by atoms with Crippen LogP contribution in [-0.2, 0) is 23.1 Å². The number of unbranched alkanes of at least 4 members (excludes halogenated alkanes) is 1. The summed E-state index contributed by atoms with van der Waals surface area (Å²) >= 11 is 0. The van der Waals surface area contributed by atoms with Crippen molar-refractivity contribution >= 4 is 27.0 Å². The van der Waals surface area contributed by atoms with Crippen LogP contribution in [0.5, 0.6) is 0 Å². The van der Waals surface area contributed by atoms with Crippen LogP contribution < -0.4 is 5.14 Å². The van der Waals surface area contributed by atoms with E-state index in [0.717, 1.165) is 43.8 Å². The number of amides is 1. The van der Waals surface area contributed by atoms with E-state index in [2.05, 4.69) is 16.4 Å². The smallest absolute Gasteiger partial charge is 0.253 e. The number of hydrogen-bond acceptors (Lipinski definition) is 5. The Labute approximate surface area is 188 Å². The number of imidazole rings is 1. The average Bonchev–Trinajstić information content (AvgIpc) is 3.13. The minimum absolute atomic E-state index is 0.0657. The van der Waals surface area contributed by atoms with Crippen molar-refractivity contribution in [2.24, 2.45) is 5.14 Å². The van der Waals surface area contributed by atoms with Crippen molar-refractivity contribution in [1.29, 1.82) is 0 Å². The molecular weight excluding hydrogens is 426 g/mol. The number of fused-ring (bicyclic) bond motifs is 1. The standard InChI is InChI=1S/C23H29N5O3S/c1-2-3-11-28-21-10-9-19(32(24,30)31)16-20(21)25-22(28)17-26-12-14-27(15-13-26)23(29)18-7-5-4-6-8-18/h4-10,16H,2-3,11-15,17H2,1H3,(H2,24,30,31). The monoisotopic (exact) mass is 455 g/mol. The van der Waals surface area contributed by atoms with E-state index in [1.54, 1.807) is 18.2 Å². The highest BCUT2D eigenvalue weighted by molar-refractivity contribution is 7.89. The van der Waals surface area contributed by atoms with Gasteiger partial charge in [0.25, 0.3) is 5.91 Å². The van der Waals surface area contributed by atoms with Crippen LogP contribution in [0.2, 0.25) is 0 Å². The Morgan fingerprint density at radius 3 is 2.44 bits per heavy atom. The second-order valence-electron chi connectivity index (χ2n) is 8.16. The van der Waals surface area contributed by atoms with E-state index in [-0.39, 0.29) is 10.8 Å². The first-order valence-electron chi connectivity index (χ1n) is 11.0. The predicted molar refractivity (Wildman–Crippen MR) is 124 cm³/mol. The second-order valence-corrected chi connectivity index (χ2v) is 9.72. The molecule has 0 bridgehead atoms. The van der Waals surface area contributed by atoms with Gasteiger partial charge in [-0.1, -0.05) is 31.5 Å². The van der Waals surface area contributed by atoms with Crippen molar-refractivity contribution < 1.29 is 13.2 Å². The van der Waals surface area contributed by atoms with Crippen molar-refractivity contribution in [3.05, 3.63) is 59.9 Å². The molecule has 0 unspecified atom stereocenters. The van der Waals surface area contributed by atoms with Crippen LogP contribution in [0, 0.1) is 0 Å². The van der Waals surface area contributed by atoms with Gasteiger partial charge in [-0.15, -0.1) is 0 Å². The van der Waals surface area contributed by atoms with Crippen LogP contribution in [0.3, 0.4) is 0 Å². The number of aromatic nitrogens is 2. The molecule has 1 aliphatic heterocycles. The number of hydrogen-bond donors (Lipinski definition) is 1. The fourth-order valence-corrected chi connectivity index (χ4v) is 4.63. The second kappa shape index (κ2) is 9.40. The van der Waals surface area contributed by atoms with Gasteiger partial charge in [0.15, 0.2) is 0 Å². The number of nitrogens with zero attached hydrogens (tertiary/aromatic N) is 4. The Morgan fingerprint density at radius 2 is 1.78 bits per heavy atom. The molecule has 0 aliphatic carbocycles. The van der Waals surface area contributed by atoms with E-state index in [0.29, 0.717) is 30.7 Å². The molecule has 32 heavy (non-hydrogen) atoms. The topological polar surface area (TPSA) is 102 Å². The Bertz CT molecular complexity index is 1200. The van der Waals surface area contributed by atoms with Crippen LogP contribution in [0.1, 0.15) is 35.9 Å². The number of nitrogens with two attached hydrogens (primary N) is 1. The summed E-state index contributed by atoms with van der Waals surface area (Å²) in [5.74, 6) is 0.971. The van der Waals surface area contributed by atoms with E-state index in [9.17, 15) is 13.2 Å². The maximum atomic E-state index is 12.7. The molecule has 2 aromatic carbocycles. The highest BCUT2D eigenvalue weighted by atomic mass is 32.2. The van der Waals surface area contributed by atoms with Gasteiger partial charge in [-0.25, -0.2) is 18.5 Å². The Hall–Kier alpha value is -2.75. The summed E-state index contributed by atoms with van der Waals surface area (Å²) < 4.78 is 25.7. The van der Waals surface area contributed by atoms with Crippen molar-refractivity contribution in [2.75, 3.05) is 26.2 Å². The first-order chi connectivity index (χ1) is 15.4. The molecule has 2 N–H and O–H groups in total. The van der Waals surface area contributed by atoms with Gasteiger partial charge in [0.05, 0.1) is 22.5 Å². The number of carbonyl (C=O) groups excluding carboxylic acids is 1. The van der Waals surface area contributed by atoms with Crippen LogP contribution in [0.4, 0.5) is 0 Å². The van der Waals surface area contributed by atoms with E-state index in [1.165, 1.54) is 0 Å². The van der Waals surface area contributed by atoms with Crippen molar-refractivity contribution in [3.63, 3.8) is 0 Å². The first kappa shape index (κ1) is 22.4. The highest BCUT2D eigenvalue weighted by Crippen LogP contribution is 2.22. The molecule has 9 heteroatoms. The zero-order chi connectivity index (χ0) is 22.7. The SMILES string of the molecule is CCCCn1c(CN2CCN(C(=O)c3ccccc3)CC2)nc2cc(S(N)(=O)=O)ccc21. The van der Waals surface area contributed by atoms with Crippen LogP contribution in [-0.4, -0.2) is 59.9 Å².